The summed E-state index contributed by atoms with van der Waals surface area (Å²) in [4.78, 5) is 23.5. The Morgan fingerprint density at radius 1 is 1.17 bits per heavy atom. The van der Waals surface area contributed by atoms with Crippen LogP contribution in [0.5, 0.6) is 5.75 Å². The maximum Gasteiger partial charge on any atom is 0.224 e. The lowest BCUT2D eigenvalue weighted by Crippen LogP contribution is -2.23. The van der Waals surface area contributed by atoms with Crippen molar-refractivity contribution in [1.29, 1.82) is 0 Å². The van der Waals surface area contributed by atoms with Crippen LogP contribution in [0.4, 0.5) is 5.69 Å². The highest BCUT2D eigenvalue weighted by Gasteiger charge is 2.15. The predicted octanol–water partition coefficient (Wildman–Crippen LogP) is 3.23. The molecule has 0 fully saturated rings. The zero-order valence-electron chi connectivity index (χ0n) is 16.6. The van der Waals surface area contributed by atoms with E-state index in [2.05, 4.69) is 15.7 Å². The summed E-state index contributed by atoms with van der Waals surface area (Å²) in [5, 5.41) is 9.99. The molecule has 1 aliphatic rings. The van der Waals surface area contributed by atoms with Crippen molar-refractivity contribution in [2.24, 2.45) is 0 Å². The van der Waals surface area contributed by atoms with Crippen molar-refractivity contribution in [3.63, 3.8) is 0 Å². The molecular formula is C23H24N4O3. The second kappa shape index (κ2) is 9.26. The van der Waals surface area contributed by atoms with E-state index in [4.69, 9.17) is 4.74 Å². The first-order chi connectivity index (χ1) is 14.7. The SMILES string of the molecule is O=C(CCCOc1ccc2c(c1)CCC(=O)N2)NCc1ccc(-n2cccn2)cc1. The Labute approximate surface area is 175 Å². The van der Waals surface area contributed by atoms with Crippen LogP contribution in [-0.4, -0.2) is 28.2 Å². The van der Waals surface area contributed by atoms with Crippen LogP contribution in [-0.2, 0) is 22.6 Å². The van der Waals surface area contributed by atoms with Crippen molar-refractivity contribution in [1.82, 2.24) is 15.1 Å². The number of carbonyl (C=O) groups is 2. The summed E-state index contributed by atoms with van der Waals surface area (Å²) < 4.78 is 7.55. The van der Waals surface area contributed by atoms with Gasteiger partial charge in [0.25, 0.3) is 0 Å². The number of hydrogen-bond acceptors (Lipinski definition) is 4. The average Bonchev–Trinajstić information content (AvgIpc) is 3.30. The molecule has 30 heavy (non-hydrogen) atoms. The van der Waals surface area contributed by atoms with Crippen LogP contribution in [0.1, 0.15) is 30.4 Å². The molecule has 0 bridgehead atoms. The van der Waals surface area contributed by atoms with Gasteiger partial charge >= 0.3 is 0 Å². The molecule has 2 N–H and O–H groups in total. The molecule has 154 valence electrons. The van der Waals surface area contributed by atoms with E-state index in [0.717, 1.165) is 34.7 Å². The van der Waals surface area contributed by atoms with Gasteiger partial charge in [-0.05, 0) is 60.4 Å². The van der Waals surface area contributed by atoms with E-state index >= 15 is 0 Å². The number of anilines is 1. The van der Waals surface area contributed by atoms with Crippen molar-refractivity contribution in [3.05, 3.63) is 72.1 Å². The lowest BCUT2D eigenvalue weighted by Gasteiger charge is -2.17. The zero-order chi connectivity index (χ0) is 20.8. The minimum Gasteiger partial charge on any atom is -0.494 e. The van der Waals surface area contributed by atoms with Gasteiger partial charge in [-0.15, -0.1) is 0 Å². The number of fused-ring (bicyclic) bond motifs is 1. The average molecular weight is 404 g/mol. The number of aryl methyl sites for hydroxylation is 1. The number of carbonyl (C=O) groups excluding carboxylic acids is 2. The molecule has 1 aliphatic heterocycles. The van der Waals surface area contributed by atoms with Crippen LogP contribution in [0.3, 0.4) is 0 Å². The highest BCUT2D eigenvalue weighted by Crippen LogP contribution is 2.26. The van der Waals surface area contributed by atoms with Gasteiger partial charge in [0.15, 0.2) is 0 Å². The number of aromatic nitrogens is 2. The van der Waals surface area contributed by atoms with Gasteiger partial charge in [0.2, 0.25) is 11.8 Å². The third kappa shape index (κ3) is 5.05. The first-order valence-electron chi connectivity index (χ1n) is 10.1. The number of nitrogens with zero attached hydrogens (tertiary/aromatic N) is 2. The highest BCUT2D eigenvalue weighted by atomic mass is 16.5. The van der Waals surface area contributed by atoms with Gasteiger partial charge in [-0.3, -0.25) is 9.59 Å². The Morgan fingerprint density at radius 3 is 2.83 bits per heavy atom. The number of amides is 2. The minimum atomic E-state index is 0.00269. The number of ether oxygens (including phenoxy) is 1. The molecule has 2 aromatic carbocycles. The summed E-state index contributed by atoms with van der Waals surface area (Å²) in [6.07, 6.45) is 5.90. The summed E-state index contributed by atoms with van der Waals surface area (Å²) in [5.74, 6) is 0.821. The number of rotatable bonds is 8. The number of hydrogen-bond donors (Lipinski definition) is 2. The van der Waals surface area contributed by atoms with Crippen LogP contribution >= 0.6 is 0 Å². The van der Waals surface area contributed by atoms with Crippen molar-refractivity contribution in [3.8, 4) is 11.4 Å². The van der Waals surface area contributed by atoms with Crippen LogP contribution in [0.15, 0.2) is 60.9 Å². The molecule has 4 rings (SSSR count). The fourth-order valence-corrected chi connectivity index (χ4v) is 3.35. The molecular weight excluding hydrogens is 380 g/mol. The summed E-state index contributed by atoms with van der Waals surface area (Å²) in [6.45, 7) is 0.965. The summed E-state index contributed by atoms with van der Waals surface area (Å²) in [6, 6.07) is 15.5. The van der Waals surface area contributed by atoms with E-state index in [1.165, 1.54) is 0 Å². The Morgan fingerprint density at radius 2 is 2.03 bits per heavy atom. The van der Waals surface area contributed by atoms with Crippen molar-refractivity contribution < 1.29 is 14.3 Å². The fraction of sp³-hybridized carbons (Fsp3) is 0.261. The molecule has 0 saturated heterocycles. The molecule has 1 aromatic heterocycles. The molecule has 2 amide bonds. The van der Waals surface area contributed by atoms with Crippen molar-refractivity contribution >= 4 is 17.5 Å². The van der Waals surface area contributed by atoms with E-state index in [1.54, 1.807) is 10.9 Å². The zero-order valence-corrected chi connectivity index (χ0v) is 16.6. The second-order valence-electron chi connectivity index (χ2n) is 7.21. The fourth-order valence-electron chi connectivity index (χ4n) is 3.35. The van der Waals surface area contributed by atoms with Gasteiger partial charge in [0.1, 0.15) is 5.75 Å². The summed E-state index contributed by atoms with van der Waals surface area (Å²) >= 11 is 0. The molecule has 0 spiro atoms. The summed E-state index contributed by atoms with van der Waals surface area (Å²) in [7, 11) is 0. The van der Waals surface area contributed by atoms with E-state index < -0.39 is 0 Å². The molecule has 7 heteroatoms. The minimum absolute atomic E-state index is 0.00269. The van der Waals surface area contributed by atoms with Gasteiger partial charge < -0.3 is 15.4 Å². The molecule has 0 atom stereocenters. The van der Waals surface area contributed by atoms with E-state index in [1.807, 2.05) is 54.7 Å². The third-order valence-electron chi connectivity index (χ3n) is 4.98. The quantitative estimate of drug-likeness (QED) is 0.565. The van der Waals surface area contributed by atoms with Crippen molar-refractivity contribution in [2.45, 2.75) is 32.2 Å². The standard InChI is InChI=1S/C23H24N4O3/c28-22(24-16-17-4-7-19(8-5-17)27-13-2-12-25-27)3-1-14-30-20-9-10-21-18(15-20)6-11-23(29)26-21/h2,4-5,7-10,12-13,15H,1,3,6,11,14,16H2,(H,24,28)(H,26,29). The molecule has 0 saturated carbocycles. The predicted molar refractivity (Wildman–Crippen MR) is 114 cm³/mol. The van der Waals surface area contributed by atoms with E-state index in [0.29, 0.717) is 32.4 Å². The molecule has 0 unspecified atom stereocenters. The van der Waals surface area contributed by atoms with Gasteiger partial charge in [-0.2, -0.15) is 5.10 Å². The highest BCUT2D eigenvalue weighted by molar-refractivity contribution is 5.94. The normalized spacial score (nSPS) is 12.7. The second-order valence-corrected chi connectivity index (χ2v) is 7.21. The van der Waals surface area contributed by atoms with Crippen LogP contribution in [0.2, 0.25) is 0 Å². The van der Waals surface area contributed by atoms with Crippen LogP contribution in [0, 0.1) is 0 Å². The van der Waals surface area contributed by atoms with Crippen LogP contribution in [0.25, 0.3) is 5.69 Å². The Kier molecular flexibility index (Phi) is 6.08. The summed E-state index contributed by atoms with van der Waals surface area (Å²) in [5.41, 5.74) is 3.97. The smallest absolute Gasteiger partial charge is 0.224 e. The Bertz CT molecular complexity index is 1010. The molecule has 3 aromatic rings. The number of nitrogens with one attached hydrogen (secondary N) is 2. The maximum absolute atomic E-state index is 12.1. The van der Waals surface area contributed by atoms with E-state index in [-0.39, 0.29) is 11.8 Å². The molecule has 7 nitrogen and oxygen atoms in total. The van der Waals surface area contributed by atoms with Crippen molar-refractivity contribution in [2.75, 3.05) is 11.9 Å². The lowest BCUT2D eigenvalue weighted by molar-refractivity contribution is -0.121. The number of benzene rings is 2. The first kappa shape index (κ1) is 19.7. The first-order valence-corrected chi connectivity index (χ1v) is 10.1. The van der Waals surface area contributed by atoms with Gasteiger partial charge in [0, 0.05) is 37.5 Å². The Balaban J connectivity index is 1.16. The topological polar surface area (TPSA) is 85.3 Å². The molecule has 2 heterocycles. The van der Waals surface area contributed by atoms with Gasteiger partial charge in [-0.1, -0.05) is 12.1 Å². The van der Waals surface area contributed by atoms with Gasteiger partial charge in [-0.25, -0.2) is 4.68 Å². The largest absolute Gasteiger partial charge is 0.494 e. The maximum atomic E-state index is 12.1. The van der Waals surface area contributed by atoms with E-state index in [9.17, 15) is 9.59 Å². The monoisotopic (exact) mass is 404 g/mol. The Hall–Kier alpha value is -3.61. The van der Waals surface area contributed by atoms with Gasteiger partial charge in [0.05, 0.1) is 12.3 Å². The lowest BCUT2D eigenvalue weighted by atomic mass is 10.0. The third-order valence-corrected chi connectivity index (χ3v) is 4.98. The molecule has 0 aliphatic carbocycles. The molecule has 0 radical (unpaired) electrons. The van der Waals surface area contributed by atoms with Crippen LogP contribution < -0.4 is 15.4 Å².